The molecule has 6 rings (SSSR count). The van der Waals surface area contributed by atoms with Crippen LogP contribution in [-0.2, 0) is 4.79 Å². The molecule has 1 aliphatic carbocycles. The average Bonchev–Trinajstić information content (AvgIpc) is 3.71. The van der Waals surface area contributed by atoms with Crippen molar-refractivity contribution in [3.8, 4) is 11.1 Å². The molecule has 2 fully saturated rings. The van der Waals surface area contributed by atoms with E-state index in [-0.39, 0.29) is 17.7 Å². The number of amides is 2. The Labute approximate surface area is 234 Å². The predicted octanol–water partition coefficient (Wildman–Crippen LogP) is 5.95. The monoisotopic (exact) mass is 536 g/mol. The van der Waals surface area contributed by atoms with E-state index in [9.17, 15) is 14.7 Å². The van der Waals surface area contributed by atoms with Gasteiger partial charge < -0.3 is 26.0 Å². The van der Waals surface area contributed by atoms with E-state index in [1.807, 2.05) is 48.2 Å². The minimum Gasteiger partial charge on any atom is -0.374 e. The van der Waals surface area contributed by atoms with Crippen molar-refractivity contribution in [2.75, 3.05) is 18.4 Å². The highest BCUT2D eigenvalue weighted by Crippen LogP contribution is 2.41. The van der Waals surface area contributed by atoms with Gasteiger partial charge in [0.2, 0.25) is 5.91 Å². The Balaban J connectivity index is 1.32. The molecule has 4 aromatic rings. The number of aromatic nitrogens is 1. The first-order valence-corrected chi connectivity index (χ1v) is 14.2. The maximum atomic E-state index is 13.1. The summed E-state index contributed by atoms with van der Waals surface area (Å²) in [6.07, 6.45) is 3.12. The zero-order chi connectivity index (χ0) is 28.0. The third kappa shape index (κ3) is 5.03. The molecular weight excluding hydrogens is 500 g/mol. The highest BCUT2D eigenvalue weighted by Gasteiger charge is 2.26. The number of aliphatic hydroxyl groups excluding tert-OH is 1. The first kappa shape index (κ1) is 26.3. The van der Waals surface area contributed by atoms with E-state index < -0.39 is 6.23 Å². The number of carbonyl (C=O) groups excluding carboxylic acids is 2. The van der Waals surface area contributed by atoms with E-state index in [0.29, 0.717) is 17.0 Å². The maximum absolute atomic E-state index is 13.1. The second kappa shape index (κ2) is 10.6. The van der Waals surface area contributed by atoms with Crippen LogP contribution in [0.3, 0.4) is 0 Å². The number of anilines is 1. The Hall–Kier alpha value is -3.94. The molecule has 0 radical (unpaired) electrons. The van der Waals surface area contributed by atoms with Crippen molar-refractivity contribution in [2.45, 2.75) is 57.6 Å². The Morgan fingerprint density at radius 3 is 2.35 bits per heavy atom. The molecule has 206 valence electrons. The van der Waals surface area contributed by atoms with Crippen LogP contribution in [0.1, 0.15) is 83.4 Å². The number of aromatic amines is 1. The van der Waals surface area contributed by atoms with E-state index in [1.165, 1.54) is 18.4 Å². The van der Waals surface area contributed by atoms with Gasteiger partial charge in [0.25, 0.3) is 5.91 Å². The third-order valence-corrected chi connectivity index (χ3v) is 8.64. The number of fused-ring (bicyclic) bond motifs is 1. The number of aliphatic hydroxyl groups is 1. The number of piperidine rings is 1. The molecule has 0 spiro atoms. The van der Waals surface area contributed by atoms with E-state index >= 15 is 0 Å². The normalized spacial score (nSPS) is 16.8. The van der Waals surface area contributed by atoms with E-state index in [0.717, 1.165) is 64.9 Å². The van der Waals surface area contributed by atoms with Gasteiger partial charge in [0.15, 0.2) is 0 Å². The van der Waals surface area contributed by atoms with Crippen LogP contribution in [0.4, 0.5) is 5.69 Å². The number of likely N-dealkylation sites (tertiary alicyclic amines) is 1. The minimum atomic E-state index is -1.11. The highest BCUT2D eigenvalue weighted by atomic mass is 16.3. The number of H-pyrrole nitrogens is 1. The highest BCUT2D eigenvalue weighted by molar-refractivity contribution is 6.06. The summed E-state index contributed by atoms with van der Waals surface area (Å²) in [5.74, 6) is 0.928. The lowest BCUT2D eigenvalue weighted by Crippen LogP contribution is -2.36. The Bertz CT molecular complexity index is 1580. The van der Waals surface area contributed by atoms with Crippen molar-refractivity contribution in [1.29, 1.82) is 0 Å². The quantitative estimate of drug-likeness (QED) is 0.228. The molecule has 1 atom stereocenters. The van der Waals surface area contributed by atoms with E-state index in [2.05, 4.69) is 34.6 Å². The minimum absolute atomic E-state index is 0.114. The van der Waals surface area contributed by atoms with Crippen molar-refractivity contribution in [3.63, 3.8) is 0 Å². The van der Waals surface area contributed by atoms with Gasteiger partial charge in [-0.25, -0.2) is 0 Å². The number of hydrogen-bond donors (Lipinski definition) is 4. The fourth-order valence-corrected chi connectivity index (χ4v) is 6.05. The average molecular weight is 537 g/mol. The Kier molecular flexibility index (Phi) is 6.94. The third-order valence-electron chi connectivity index (χ3n) is 8.64. The number of benzene rings is 3. The Morgan fingerprint density at radius 2 is 1.70 bits per heavy atom. The summed E-state index contributed by atoms with van der Waals surface area (Å²) in [5.41, 5.74) is 14.2. The first-order chi connectivity index (χ1) is 19.3. The van der Waals surface area contributed by atoms with Gasteiger partial charge in [0.1, 0.15) is 6.23 Å². The summed E-state index contributed by atoms with van der Waals surface area (Å²) in [6.45, 7) is 5.11. The van der Waals surface area contributed by atoms with Crippen LogP contribution in [-0.4, -0.2) is 39.9 Å². The number of nitrogens with zero attached hydrogens (tertiary/aromatic N) is 1. The Morgan fingerprint density at radius 1 is 0.975 bits per heavy atom. The van der Waals surface area contributed by atoms with Gasteiger partial charge in [-0.15, -0.1) is 0 Å². The second-order valence-corrected chi connectivity index (χ2v) is 11.3. The maximum Gasteiger partial charge on any atom is 0.255 e. The predicted molar refractivity (Wildman–Crippen MR) is 158 cm³/mol. The van der Waals surface area contributed by atoms with Gasteiger partial charge >= 0.3 is 0 Å². The molecule has 0 bridgehead atoms. The van der Waals surface area contributed by atoms with Gasteiger partial charge in [-0.1, -0.05) is 36.4 Å². The second-order valence-electron chi connectivity index (χ2n) is 11.3. The molecule has 1 aliphatic heterocycles. The lowest BCUT2D eigenvalue weighted by molar-refractivity contribution is -0.129. The van der Waals surface area contributed by atoms with Crippen LogP contribution >= 0.6 is 0 Å². The molecule has 2 amide bonds. The molecule has 5 N–H and O–H groups in total. The van der Waals surface area contributed by atoms with Crippen molar-refractivity contribution in [3.05, 3.63) is 88.6 Å². The van der Waals surface area contributed by atoms with Crippen molar-refractivity contribution in [2.24, 2.45) is 5.73 Å². The molecule has 1 saturated heterocycles. The van der Waals surface area contributed by atoms with Crippen LogP contribution in [0.25, 0.3) is 22.0 Å². The number of rotatable bonds is 6. The standard InChI is InChI=1S/C33H36N4O3/c1-19-25(4-3-5-29(19)36-33(40)24-10-8-22(9-11-24)21-6-7-21)26-12-13-27(32(34)39)31-28(26)18-30(35-31)23-14-16-37(17-15-23)20(2)38/h3-5,8-13,18,21,23,32,35,39H,6-7,14-17,34H2,1-2H3,(H,36,40). The van der Waals surface area contributed by atoms with Crippen molar-refractivity contribution >= 4 is 28.4 Å². The van der Waals surface area contributed by atoms with Gasteiger partial charge in [-0.2, -0.15) is 0 Å². The van der Waals surface area contributed by atoms with Crippen LogP contribution in [0.2, 0.25) is 0 Å². The number of nitrogens with one attached hydrogen (secondary N) is 2. The summed E-state index contributed by atoms with van der Waals surface area (Å²) in [4.78, 5) is 30.4. The summed E-state index contributed by atoms with van der Waals surface area (Å²) >= 11 is 0. The van der Waals surface area contributed by atoms with Crippen LogP contribution in [0.5, 0.6) is 0 Å². The van der Waals surface area contributed by atoms with Gasteiger partial charge in [-0.3, -0.25) is 9.59 Å². The molecule has 3 aromatic carbocycles. The number of nitrogens with two attached hydrogens (primary N) is 1. The largest absolute Gasteiger partial charge is 0.374 e. The fraction of sp³-hybridized carbons (Fsp3) is 0.333. The van der Waals surface area contributed by atoms with Crippen LogP contribution in [0, 0.1) is 6.92 Å². The van der Waals surface area contributed by atoms with Gasteiger partial charge in [0, 0.05) is 53.8 Å². The molecule has 1 saturated carbocycles. The molecule has 1 unspecified atom stereocenters. The summed E-state index contributed by atoms with van der Waals surface area (Å²) < 4.78 is 0. The first-order valence-electron chi connectivity index (χ1n) is 14.2. The SMILES string of the molecule is CC(=O)N1CCC(c2cc3c(-c4cccc(NC(=O)c5ccc(C6CC6)cc5)c4C)ccc(C(N)O)c3[nH]2)CC1. The number of hydrogen-bond acceptors (Lipinski definition) is 4. The molecule has 1 aromatic heterocycles. The summed E-state index contributed by atoms with van der Waals surface area (Å²) in [5, 5.41) is 14.4. The van der Waals surface area contributed by atoms with Crippen molar-refractivity contribution in [1.82, 2.24) is 9.88 Å². The zero-order valence-electron chi connectivity index (χ0n) is 23.0. The summed E-state index contributed by atoms with van der Waals surface area (Å²) in [6, 6.07) is 19.9. The van der Waals surface area contributed by atoms with Crippen LogP contribution in [0.15, 0.2) is 60.7 Å². The van der Waals surface area contributed by atoms with E-state index in [1.54, 1.807) is 6.92 Å². The zero-order valence-corrected chi connectivity index (χ0v) is 23.0. The van der Waals surface area contributed by atoms with E-state index in [4.69, 9.17) is 5.73 Å². The fourth-order valence-electron chi connectivity index (χ4n) is 6.05. The molecule has 7 heteroatoms. The molecule has 2 aliphatic rings. The lowest BCUT2D eigenvalue weighted by Gasteiger charge is -2.30. The topological polar surface area (TPSA) is 111 Å². The van der Waals surface area contributed by atoms with Crippen molar-refractivity contribution < 1.29 is 14.7 Å². The van der Waals surface area contributed by atoms with Gasteiger partial charge in [0.05, 0.1) is 5.52 Å². The molecule has 2 heterocycles. The summed E-state index contributed by atoms with van der Waals surface area (Å²) in [7, 11) is 0. The molecule has 40 heavy (non-hydrogen) atoms. The van der Waals surface area contributed by atoms with Gasteiger partial charge in [-0.05, 0) is 85.0 Å². The molecule has 7 nitrogen and oxygen atoms in total. The lowest BCUT2D eigenvalue weighted by atomic mass is 9.92. The number of carbonyl (C=O) groups is 2. The van der Waals surface area contributed by atoms with Crippen LogP contribution < -0.4 is 11.1 Å². The smallest absolute Gasteiger partial charge is 0.255 e. The molecular formula is C33H36N4O3.